The molecular weight excluding hydrogens is 486 g/mol. The lowest BCUT2D eigenvalue weighted by atomic mass is 9.86. The van der Waals surface area contributed by atoms with Crippen molar-refractivity contribution < 1.29 is 4.79 Å². The molecule has 1 aromatic heterocycles. The first-order valence-corrected chi connectivity index (χ1v) is 12.2. The highest BCUT2D eigenvalue weighted by molar-refractivity contribution is 6.33. The molecule has 4 N–H and O–H groups in total. The Hall–Kier alpha value is -4.10. The second-order valence-electron chi connectivity index (χ2n) is 10.0. The number of rotatable bonds is 5. The number of benzene rings is 3. The number of nitrogens with one attached hydrogen (secondary N) is 2. The van der Waals surface area contributed by atoms with E-state index < -0.39 is 0 Å². The lowest BCUT2D eigenvalue weighted by molar-refractivity contribution is 0.102. The third kappa shape index (κ3) is 5.67. The first-order valence-electron chi connectivity index (χ1n) is 11.9. The number of amides is 1. The SMILES string of the molecule is Cc1c(NC(=O)c2ccc(C(C)(C)C)cc2)cccc1-c1cn(C)c(=O)c(Nc2ccc(Cl)c(N)c2)n1. The molecule has 0 radical (unpaired) electrons. The minimum atomic E-state index is -0.293. The molecule has 0 aliphatic rings. The molecule has 190 valence electrons. The largest absolute Gasteiger partial charge is 0.397 e. The lowest BCUT2D eigenvalue weighted by Gasteiger charge is -2.19. The number of hydrogen-bond acceptors (Lipinski definition) is 5. The smallest absolute Gasteiger partial charge is 0.293 e. The Labute approximate surface area is 221 Å². The molecule has 8 heteroatoms. The summed E-state index contributed by atoms with van der Waals surface area (Å²) in [5, 5.41) is 6.48. The predicted octanol–water partition coefficient (Wildman–Crippen LogP) is 6.28. The Morgan fingerprint density at radius 2 is 1.76 bits per heavy atom. The summed E-state index contributed by atoms with van der Waals surface area (Å²) in [7, 11) is 1.66. The van der Waals surface area contributed by atoms with Gasteiger partial charge in [0, 0.05) is 35.7 Å². The van der Waals surface area contributed by atoms with Crippen LogP contribution in [0.25, 0.3) is 11.3 Å². The quantitative estimate of drug-likeness (QED) is 0.271. The summed E-state index contributed by atoms with van der Waals surface area (Å²) in [5.74, 6) is -0.0497. The van der Waals surface area contributed by atoms with Crippen LogP contribution >= 0.6 is 11.6 Å². The third-order valence-corrected chi connectivity index (χ3v) is 6.55. The summed E-state index contributed by atoms with van der Waals surface area (Å²) in [6.45, 7) is 8.32. The van der Waals surface area contributed by atoms with E-state index in [1.54, 1.807) is 31.4 Å². The molecule has 0 saturated carbocycles. The van der Waals surface area contributed by atoms with Crippen LogP contribution in [-0.2, 0) is 12.5 Å². The van der Waals surface area contributed by atoms with Gasteiger partial charge in [0.2, 0.25) is 0 Å². The highest BCUT2D eigenvalue weighted by Crippen LogP contribution is 2.29. The fourth-order valence-corrected chi connectivity index (χ4v) is 4.06. The number of aryl methyl sites for hydroxylation is 1. The number of nitrogen functional groups attached to an aromatic ring is 1. The van der Waals surface area contributed by atoms with Gasteiger partial charge in [-0.15, -0.1) is 0 Å². The Morgan fingerprint density at radius 3 is 2.41 bits per heavy atom. The van der Waals surface area contributed by atoms with Gasteiger partial charge in [-0.3, -0.25) is 9.59 Å². The third-order valence-electron chi connectivity index (χ3n) is 6.20. The van der Waals surface area contributed by atoms with Gasteiger partial charge in [-0.1, -0.05) is 56.6 Å². The molecule has 37 heavy (non-hydrogen) atoms. The van der Waals surface area contributed by atoms with Crippen molar-refractivity contribution >= 4 is 40.4 Å². The number of nitrogens with two attached hydrogens (primary N) is 1. The van der Waals surface area contributed by atoms with Crippen molar-refractivity contribution in [3.8, 4) is 11.3 Å². The van der Waals surface area contributed by atoms with Crippen molar-refractivity contribution in [2.24, 2.45) is 7.05 Å². The van der Waals surface area contributed by atoms with Gasteiger partial charge in [0.15, 0.2) is 5.82 Å². The molecule has 1 amide bonds. The first-order chi connectivity index (χ1) is 17.4. The number of nitrogens with zero attached hydrogens (tertiary/aromatic N) is 2. The molecule has 0 unspecified atom stereocenters. The molecule has 0 atom stereocenters. The van der Waals surface area contributed by atoms with E-state index in [0.29, 0.717) is 33.3 Å². The van der Waals surface area contributed by atoms with E-state index in [0.717, 1.165) is 16.7 Å². The van der Waals surface area contributed by atoms with Crippen molar-refractivity contribution in [1.82, 2.24) is 9.55 Å². The number of halogens is 1. The molecule has 0 aliphatic carbocycles. The molecule has 0 fully saturated rings. The average molecular weight is 516 g/mol. The average Bonchev–Trinajstić information content (AvgIpc) is 2.85. The molecular formula is C29H30ClN5O2. The molecule has 1 heterocycles. The molecule has 0 bridgehead atoms. The van der Waals surface area contributed by atoms with Crippen LogP contribution in [-0.4, -0.2) is 15.5 Å². The monoisotopic (exact) mass is 515 g/mol. The highest BCUT2D eigenvalue weighted by atomic mass is 35.5. The number of hydrogen-bond donors (Lipinski definition) is 3. The number of anilines is 4. The van der Waals surface area contributed by atoms with Gasteiger partial charge in [-0.2, -0.15) is 0 Å². The zero-order chi connectivity index (χ0) is 26.9. The fraction of sp³-hybridized carbons (Fsp3) is 0.207. The van der Waals surface area contributed by atoms with Gasteiger partial charge in [0.05, 0.1) is 16.4 Å². The van der Waals surface area contributed by atoms with Crippen molar-refractivity contribution in [2.45, 2.75) is 33.1 Å². The summed E-state index contributed by atoms with van der Waals surface area (Å²) >= 11 is 6.01. The standard InChI is InChI=1S/C29H30ClN5O2/c1-17-21(7-6-8-24(17)34-27(36)18-9-11-19(12-10-18)29(2,3)4)25-16-35(5)28(37)26(33-25)32-20-13-14-22(30)23(31)15-20/h6-16H,31H2,1-5H3,(H,32,33)(H,34,36). The Kier molecular flexibility index (Phi) is 7.09. The molecule has 0 aliphatic heterocycles. The van der Waals surface area contributed by atoms with Crippen molar-refractivity contribution in [3.05, 3.63) is 98.9 Å². The minimum Gasteiger partial charge on any atom is -0.397 e. The van der Waals surface area contributed by atoms with Crippen LogP contribution in [0.1, 0.15) is 42.3 Å². The van der Waals surface area contributed by atoms with Gasteiger partial charge in [-0.05, 0) is 59.9 Å². The highest BCUT2D eigenvalue weighted by Gasteiger charge is 2.16. The van der Waals surface area contributed by atoms with Gasteiger partial charge in [0.25, 0.3) is 11.5 Å². The van der Waals surface area contributed by atoms with Gasteiger partial charge in [-0.25, -0.2) is 4.98 Å². The lowest BCUT2D eigenvalue weighted by Crippen LogP contribution is -2.21. The zero-order valence-corrected chi connectivity index (χ0v) is 22.3. The van der Waals surface area contributed by atoms with Crippen LogP contribution in [0.5, 0.6) is 0 Å². The Balaban J connectivity index is 1.63. The van der Waals surface area contributed by atoms with E-state index in [1.807, 2.05) is 49.4 Å². The normalized spacial score (nSPS) is 11.3. The van der Waals surface area contributed by atoms with Gasteiger partial charge < -0.3 is 20.9 Å². The first kappa shape index (κ1) is 26.0. The van der Waals surface area contributed by atoms with Crippen molar-refractivity contribution in [3.63, 3.8) is 0 Å². The Morgan fingerprint density at radius 1 is 1.05 bits per heavy atom. The Bertz CT molecular complexity index is 1540. The van der Waals surface area contributed by atoms with Gasteiger partial charge in [0.1, 0.15) is 0 Å². The summed E-state index contributed by atoms with van der Waals surface area (Å²) in [5.41, 5.74) is 11.2. The van der Waals surface area contributed by atoms with E-state index in [9.17, 15) is 9.59 Å². The van der Waals surface area contributed by atoms with Crippen LogP contribution in [0.3, 0.4) is 0 Å². The maximum absolute atomic E-state index is 13.0. The summed E-state index contributed by atoms with van der Waals surface area (Å²) in [6.07, 6.45) is 1.67. The van der Waals surface area contributed by atoms with Crippen LogP contribution in [0, 0.1) is 6.92 Å². The number of aromatic nitrogens is 2. The predicted molar refractivity (Wildman–Crippen MR) is 152 cm³/mol. The second kappa shape index (κ2) is 10.1. The van der Waals surface area contributed by atoms with Gasteiger partial charge >= 0.3 is 0 Å². The molecule has 4 rings (SSSR count). The minimum absolute atomic E-state index is 0.0105. The van der Waals surface area contributed by atoms with E-state index in [-0.39, 0.29) is 22.7 Å². The van der Waals surface area contributed by atoms with Crippen LogP contribution in [0.2, 0.25) is 5.02 Å². The van der Waals surface area contributed by atoms with Crippen molar-refractivity contribution in [2.75, 3.05) is 16.4 Å². The number of carbonyl (C=O) groups is 1. The number of carbonyl (C=O) groups excluding carboxylic acids is 1. The van der Waals surface area contributed by atoms with Crippen LogP contribution in [0.4, 0.5) is 22.9 Å². The molecule has 0 spiro atoms. The van der Waals surface area contributed by atoms with E-state index in [4.69, 9.17) is 17.3 Å². The summed E-state index contributed by atoms with van der Waals surface area (Å²) in [6, 6.07) is 18.3. The van der Waals surface area contributed by atoms with E-state index in [2.05, 4.69) is 36.4 Å². The molecule has 4 aromatic rings. The van der Waals surface area contributed by atoms with Crippen LogP contribution in [0.15, 0.2) is 71.7 Å². The van der Waals surface area contributed by atoms with E-state index in [1.165, 1.54) is 4.57 Å². The molecule has 3 aromatic carbocycles. The fourth-order valence-electron chi connectivity index (χ4n) is 3.94. The zero-order valence-electron chi connectivity index (χ0n) is 21.5. The molecule has 0 saturated heterocycles. The van der Waals surface area contributed by atoms with Crippen LogP contribution < -0.4 is 21.9 Å². The summed E-state index contributed by atoms with van der Waals surface area (Å²) in [4.78, 5) is 30.3. The molecule has 7 nitrogen and oxygen atoms in total. The maximum Gasteiger partial charge on any atom is 0.293 e. The topological polar surface area (TPSA) is 102 Å². The van der Waals surface area contributed by atoms with Crippen molar-refractivity contribution in [1.29, 1.82) is 0 Å². The maximum atomic E-state index is 13.0. The summed E-state index contributed by atoms with van der Waals surface area (Å²) < 4.78 is 1.46. The van der Waals surface area contributed by atoms with E-state index >= 15 is 0 Å². The second-order valence-corrected chi connectivity index (χ2v) is 10.4.